The highest BCUT2D eigenvalue weighted by molar-refractivity contribution is 5.77. The number of pyridine rings is 1. The molecule has 0 spiro atoms. The van der Waals surface area contributed by atoms with Crippen LogP contribution in [0.25, 0.3) is 17.0 Å². The van der Waals surface area contributed by atoms with Gasteiger partial charge in [-0.1, -0.05) is 13.0 Å². The van der Waals surface area contributed by atoms with Crippen molar-refractivity contribution >= 4 is 5.57 Å². The van der Waals surface area contributed by atoms with Crippen LogP contribution >= 0.6 is 0 Å². The highest BCUT2D eigenvalue weighted by atomic mass is 19.1. The summed E-state index contributed by atoms with van der Waals surface area (Å²) in [6, 6.07) is 5.76. The third-order valence-corrected chi connectivity index (χ3v) is 5.13. The molecule has 2 heterocycles. The van der Waals surface area contributed by atoms with Crippen LogP contribution in [0, 0.1) is 19.8 Å². The van der Waals surface area contributed by atoms with Gasteiger partial charge in [0.15, 0.2) is 5.83 Å². The predicted molar refractivity (Wildman–Crippen MR) is 108 cm³/mol. The Morgan fingerprint density at radius 3 is 2.41 bits per heavy atom. The van der Waals surface area contributed by atoms with Crippen LogP contribution in [0.15, 0.2) is 42.4 Å². The van der Waals surface area contributed by atoms with Gasteiger partial charge >= 0.3 is 0 Å². The number of hydrogen-bond donors (Lipinski definition) is 0. The quantitative estimate of drug-likeness (QED) is 0.747. The highest BCUT2D eigenvalue weighted by Gasteiger charge is 2.37. The van der Waals surface area contributed by atoms with Crippen molar-refractivity contribution in [3.63, 3.8) is 0 Å². The molecule has 2 aromatic heterocycles. The first-order chi connectivity index (χ1) is 12.7. The lowest BCUT2D eigenvalue weighted by Gasteiger charge is -2.38. The molecule has 0 radical (unpaired) electrons. The SMILES string of the molecule is CCC1C=C(c2cnc(-c3ccc(C)nn3)c(C)c2)C=C(F)C1[N+](C)(C)C. The van der Waals surface area contributed by atoms with E-state index >= 15 is 0 Å². The van der Waals surface area contributed by atoms with Gasteiger partial charge in [0.05, 0.1) is 32.5 Å². The molecule has 0 saturated heterocycles. The fourth-order valence-corrected chi connectivity index (χ4v) is 3.80. The number of aromatic nitrogens is 3. The van der Waals surface area contributed by atoms with Crippen molar-refractivity contribution in [1.82, 2.24) is 15.2 Å². The molecular weight excluding hydrogens is 339 g/mol. The lowest BCUT2D eigenvalue weighted by Crippen LogP contribution is -2.50. The van der Waals surface area contributed by atoms with Gasteiger partial charge in [0.2, 0.25) is 0 Å². The van der Waals surface area contributed by atoms with Crippen LogP contribution in [0.2, 0.25) is 0 Å². The first-order valence-electron chi connectivity index (χ1n) is 9.38. The molecule has 3 rings (SSSR count). The van der Waals surface area contributed by atoms with Crippen LogP contribution in [0.1, 0.15) is 30.2 Å². The molecule has 142 valence electrons. The van der Waals surface area contributed by atoms with Crippen LogP contribution in [0.5, 0.6) is 0 Å². The lowest BCUT2D eigenvalue weighted by atomic mass is 9.85. The molecule has 2 unspecified atom stereocenters. The van der Waals surface area contributed by atoms with Gasteiger partial charge in [-0.15, -0.1) is 5.10 Å². The second-order valence-electron chi connectivity index (χ2n) is 8.23. The van der Waals surface area contributed by atoms with Crippen molar-refractivity contribution in [3.05, 3.63) is 59.2 Å². The maximum atomic E-state index is 15.0. The zero-order chi connectivity index (χ0) is 19.8. The third kappa shape index (κ3) is 3.98. The molecule has 0 aliphatic heterocycles. The van der Waals surface area contributed by atoms with Gasteiger partial charge in [0.25, 0.3) is 0 Å². The van der Waals surface area contributed by atoms with Crippen LogP contribution in [0.4, 0.5) is 4.39 Å². The highest BCUT2D eigenvalue weighted by Crippen LogP contribution is 2.36. The van der Waals surface area contributed by atoms with E-state index in [2.05, 4.69) is 34.2 Å². The van der Waals surface area contributed by atoms with E-state index in [1.807, 2.05) is 47.1 Å². The number of allylic oxidation sites excluding steroid dienone is 2. The second-order valence-corrected chi connectivity index (χ2v) is 8.23. The summed E-state index contributed by atoms with van der Waals surface area (Å²) < 4.78 is 15.5. The first kappa shape index (κ1) is 19.4. The van der Waals surface area contributed by atoms with E-state index in [1.165, 1.54) is 0 Å². The Hall–Kier alpha value is -2.40. The first-order valence-corrected chi connectivity index (χ1v) is 9.38. The van der Waals surface area contributed by atoms with Gasteiger partial charge < -0.3 is 4.48 Å². The minimum Gasteiger partial charge on any atom is -0.322 e. The maximum Gasteiger partial charge on any atom is 0.158 e. The number of likely N-dealkylation sites (N-methyl/N-ethyl adjacent to an activating group) is 1. The van der Waals surface area contributed by atoms with Crippen molar-refractivity contribution in [2.45, 2.75) is 33.2 Å². The summed E-state index contributed by atoms with van der Waals surface area (Å²) in [5.41, 5.74) is 5.27. The number of hydrogen-bond acceptors (Lipinski definition) is 3. The Morgan fingerprint density at radius 2 is 1.85 bits per heavy atom. The number of aryl methyl sites for hydroxylation is 2. The summed E-state index contributed by atoms with van der Waals surface area (Å²) in [4.78, 5) is 4.60. The summed E-state index contributed by atoms with van der Waals surface area (Å²) in [7, 11) is 6.13. The van der Waals surface area contributed by atoms with Gasteiger partial charge in [-0.2, -0.15) is 5.10 Å². The van der Waals surface area contributed by atoms with Gasteiger partial charge in [0.1, 0.15) is 11.7 Å². The molecule has 4 nitrogen and oxygen atoms in total. The fourth-order valence-electron chi connectivity index (χ4n) is 3.80. The van der Waals surface area contributed by atoms with Crippen LogP contribution in [-0.4, -0.2) is 46.8 Å². The smallest absolute Gasteiger partial charge is 0.158 e. The number of nitrogens with zero attached hydrogens (tertiary/aromatic N) is 4. The van der Waals surface area contributed by atoms with Crippen molar-refractivity contribution < 1.29 is 8.87 Å². The molecule has 0 N–H and O–H groups in total. The van der Waals surface area contributed by atoms with E-state index in [4.69, 9.17) is 0 Å². The molecule has 2 aromatic rings. The van der Waals surface area contributed by atoms with Crippen molar-refractivity contribution in [3.8, 4) is 11.4 Å². The molecule has 27 heavy (non-hydrogen) atoms. The summed E-state index contributed by atoms with van der Waals surface area (Å²) >= 11 is 0. The minimum absolute atomic E-state index is 0.0574. The average Bonchev–Trinajstić information content (AvgIpc) is 2.60. The van der Waals surface area contributed by atoms with E-state index < -0.39 is 0 Å². The maximum absolute atomic E-state index is 15.0. The Morgan fingerprint density at radius 1 is 1.11 bits per heavy atom. The summed E-state index contributed by atoms with van der Waals surface area (Å²) in [5.74, 6) is 0.103. The Kier molecular flexibility index (Phi) is 5.24. The molecule has 0 saturated carbocycles. The fraction of sp³-hybridized carbons (Fsp3) is 0.409. The van der Waals surface area contributed by atoms with Crippen LogP contribution in [0.3, 0.4) is 0 Å². The van der Waals surface area contributed by atoms with E-state index in [0.29, 0.717) is 4.48 Å². The molecule has 0 bridgehead atoms. The summed E-state index contributed by atoms with van der Waals surface area (Å²) in [6.45, 7) is 6.02. The Labute approximate surface area is 161 Å². The average molecular weight is 367 g/mol. The Balaban J connectivity index is 1.96. The molecular formula is C22H28FN4+. The largest absolute Gasteiger partial charge is 0.322 e. The molecule has 1 aliphatic carbocycles. The van der Waals surface area contributed by atoms with Crippen LogP contribution < -0.4 is 0 Å². The number of quaternary nitrogens is 1. The zero-order valence-corrected chi connectivity index (χ0v) is 17.0. The van der Waals surface area contributed by atoms with Gasteiger partial charge in [-0.25, -0.2) is 4.39 Å². The topological polar surface area (TPSA) is 38.7 Å². The molecule has 0 amide bonds. The molecule has 2 atom stereocenters. The van der Waals surface area contributed by atoms with E-state index in [-0.39, 0.29) is 17.8 Å². The minimum atomic E-state index is -0.144. The van der Waals surface area contributed by atoms with Gasteiger partial charge in [-0.3, -0.25) is 4.98 Å². The standard InChI is InChI=1S/C22H28FN4/c1-7-16-11-17(12-19(23)22(16)27(4,5)6)18-10-14(2)21(24-13-18)20-9-8-15(3)25-26-20/h8-13,16,22H,7H2,1-6H3/q+1. The molecule has 0 aromatic carbocycles. The predicted octanol–water partition coefficient (Wildman–Crippen LogP) is 4.51. The number of rotatable bonds is 4. The van der Waals surface area contributed by atoms with Crippen molar-refractivity contribution in [1.29, 1.82) is 0 Å². The molecule has 1 aliphatic rings. The van der Waals surface area contributed by atoms with Crippen LogP contribution in [-0.2, 0) is 0 Å². The van der Waals surface area contributed by atoms with E-state index in [0.717, 1.165) is 40.2 Å². The molecule has 5 heteroatoms. The lowest BCUT2D eigenvalue weighted by molar-refractivity contribution is -0.894. The monoisotopic (exact) mass is 367 g/mol. The Bertz CT molecular complexity index is 892. The van der Waals surface area contributed by atoms with Crippen molar-refractivity contribution in [2.24, 2.45) is 5.92 Å². The summed E-state index contributed by atoms with van der Waals surface area (Å²) in [6.07, 6.45) is 6.56. The van der Waals surface area contributed by atoms with E-state index in [9.17, 15) is 4.39 Å². The zero-order valence-electron chi connectivity index (χ0n) is 17.0. The van der Waals surface area contributed by atoms with E-state index in [1.54, 1.807) is 12.3 Å². The normalized spacial score (nSPS) is 20.3. The van der Waals surface area contributed by atoms with Gasteiger partial charge in [0, 0.05) is 17.7 Å². The summed E-state index contributed by atoms with van der Waals surface area (Å²) in [5, 5.41) is 8.33. The van der Waals surface area contributed by atoms with Gasteiger partial charge in [-0.05, 0) is 55.7 Å². The second kappa shape index (κ2) is 7.31. The molecule has 0 fully saturated rings. The van der Waals surface area contributed by atoms with Crippen molar-refractivity contribution in [2.75, 3.05) is 21.1 Å². The number of halogens is 1. The third-order valence-electron chi connectivity index (χ3n) is 5.13.